The van der Waals surface area contributed by atoms with Crippen molar-refractivity contribution in [2.45, 2.75) is 32.4 Å². The Labute approximate surface area is 119 Å². The summed E-state index contributed by atoms with van der Waals surface area (Å²) in [6, 6.07) is 6.82. The van der Waals surface area contributed by atoms with Gasteiger partial charge in [-0.3, -0.25) is 0 Å². The summed E-state index contributed by atoms with van der Waals surface area (Å²) in [5, 5.41) is 3.44. The van der Waals surface area contributed by atoms with E-state index in [1.54, 1.807) is 7.11 Å². The molecule has 0 radical (unpaired) electrons. The van der Waals surface area contributed by atoms with Crippen molar-refractivity contribution >= 4 is 0 Å². The van der Waals surface area contributed by atoms with Crippen LogP contribution in [0.1, 0.15) is 29.4 Å². The molecule has 1 fully saturated rings. The maximum atomic E-state index is 5.38. The number of hydrogen-bond acceptors (Lipinski definition) is 3. The molecule has 4 heteroatoms. The molecule has 0 amide bonds. The summed E-state index contributed by atoms with van der Waals surface area (Å²) in [7, 11) is 1.76. The molecule has 3 rings (SSSR count). The highest BCUT2D eigenvalue weighted by atomic mass is 16.5. The van der Waals surface area contributed by atoms with Gasteiger partial charge in [0, 0.05) is 19.2 Å². The summed E-state index contributed by atoms with van der Waals surface area (Å²) < 4.78 is 5.38. The zero-order valence-electron chi connectivity index (χ0n) is 12.2. The van der Waals surface area contributed by atoms with Crippen molar-refractivity contribution in [3.8, 4) is 11.3 Å². The van der Waals surface area contributed by atoms with Gasteiger partial charge < -0.3 is 15.0 Å². The number of aryl methyl sites for hydroxylation is 2. The van der Waals surface area contributed by atoms with E-state index in [2.05, 4.69) is 47.3 Å². The number of aromatic amines is 1. The van der Waals surface area contributed by atoms with E-state index < -0.39 is 0 Å². The summed E-state index contributed by atoms with van der Waals surface area (Å²) in [5.74, 6) is 0.999. The summed E-state index contributed by atoms with van der Waals surface area (Å²) in [6.45, 7) is 5.13. The standard InChI is InChI=1S/C16H21N3O/c1-10-4-11(2)6-12(5-10)15-9-18-16(19-15)14-7-13(20-3)8-17-14/h4-6,9,13-14,17H,7-8H2,1-3H3,(H,18,19). The number of H-pyrrole nitrogens is 1. The van der Waals surface area contributed by atoms with Gasteiger partial charge in [0.05, 0.1) is 24.0 Å². The molecule has 1 aliphatic rings. The van der Waals surface area contributed by atoms with Gasteiger partial charge in [0.1, 0.15) is 5.82 Å². The molecule has 0 saturated carbocycles. The van der Waals surface area contributed by atoms with Gasteiger partial charge in [-0.1, -0.05) is 17.2 Å². The lowest BCUT2D eigenvalue weighted by Crippen LogP contribution is -2.16. The number of methoxy groups -OCH3 is 1. The van der Waals surface area contributed by atoms with Crippen LogP contribution in [-0.2, 0) is 4.74 Å². The van der Waals surface area contributed by atoms with Gasteiger partial charge in [0.2, 0.25) is 0 Å². The monoisotopic (exact) mass is 271 g/mol. The molecule has 2 N–H and O–H groups in total. The molecule has 1 aliphatic heterocycles. The number of hydrogen-bond donors (Lipinski definition) is 2. The minimum Gasteiger partial charge on any atom is -0.380 e. The van der Waals surface area contributed by atoms with Gasteiger partial charge in [-0.2, -0.15) is 0 Å². The second-order valence-corrected chi connectivity index (χ2v) is 5.61. The first-order valence-electron chi connectivity index (χ1n) is 7.05. The molecule has 0 aliphatic carbocycles. The first-order valence-corrected chi connectivity index (χ1v) is 7.05. The second kappa shape index (κ2) is 5.38. The zero-order valence-corrected chi connectivity index (χ0v) is 12.2. The smallest absolute Gasteiger partial charge is 0.123 e. The van der Waals surface area contributed by atoms with Gasteiger partial charge >= 0.3 is 0 Å². The molecule has 0 bridgehead atoms. The minimum absolute atomic E-state index is 0.264. The molecular weight excluding hydrogens is 250 g/mol. The van der Waals surface area contributed by atoms with Crippen LogP contribution in [0.4, 0.5) is 0 Å². The summed E-state index contributed by atoms with van der Waals surface area (Å²) in [4.78, 5) is 7.97. The summed E-state index contributed by atoms with van der Waals surface area (Å²) in [5.41, 5.74) is 4.82. The van der Waals surface area contributed by atoms with Crippen LogP contribution in [0.25, 0.3) is 11.3 Å². The average molecular weight is 271 g/mol. The van der Waals surface area contributed by atoms with Crippen LogP contribution >= 0.6 is 0 Å². The van der Waals surface area contributed by atoms with Crippen molar-refractivity contribution in [2.75, 3.05) is 13.7 Å². The zero-order chi connectivity index (χ0) is 14.1. The van der Waals surface area contributed by atoms with E-state index in [9.17, 15) is 0 Å². The van der Waals surface area contributed by atoms with Crippen LogP contribution in [0, 0.1) is 13.8 Å². The van der Waals surface area contributed by atoms with Crippen molar-refractivity contribution < 1.29 is 4.74 Å². The summed E-state index contributed by atoms with van der Waals surface area (Å²) in [6.07, 6.45) is 3.18. The maximum Gasteiger partial charge on any atom is 0.123 e. The van der Waals surface area contributed by atoms with Gasteiger partial charge in [-0.05, 0) is 32.4 Å². The Balaban J connectivity index is 1.83. The fraction of sp³-hybridized carbons (Fsp3) is 0.438. The van der Waals surface area contributed by atoms with Crippen molar-refractivity contribution in [1.82, 2.24) is 15.3 Å². The van der Waals surface area contributed by atoms with E-state index in [0.717, 1.165) is 24.5 Å². The number of imidazole rings is 1. The predicted octanol–water partition coefficient (Wildman–Crippen LogP) is 2.74. The Morgan fingerprint density at radius 2 is 1.95 bits per heavy atom. The van der Waals surface area contributed by atoms with Crippen LogP contribution < -0.4 is 5.32 Å². The molecule has 4 nitrogen and oxygen atoms in total. The quantitative estimate of drug-likeness (QED) is 0.902. The Hall–Kier alpha value is -1.65. The van der Waals surface area contributed by atoms with Crippen LogP contribution in [0.15, 0.2) is 24.4 Å². The Kier molecular flexibility index (Phi) is 3.59. The molecular formula is C16H21N3O. The number of rotatable bonds is 3. The number of nitrogens with zero attached hydrogens (tertiary/aromatic N) is 1. The third kappa shape index (κ3) is 2.62. The number of ether oxygens (including phenoxy) is 1. The molecule has 2 heterocycles. The average Bonchev–Trinajstić information content (AvgIpc) is 3.06. The molecule has 2 atom stereocenters. The number of nitrogens with one attached hydrogen (secondary N) is 2. The molecule has 1 aromatic carbocycles. The molecule has 106 valence electrons. The minimum atomic E-state index is 0.264. The van der Waals surface area contributed by atoms with E-state index in [-0.39, 0.29) is 12.1 Å². The van der Waals surface area contributed by atoms with Crippen LogP contribution in [-0.4, -0.2) is 29.7 Å². The fourth-order valence-electron chi connectivity index (χ4n) is 2.88. The van der Waals surface area contributed by atoms with Gasteiger partial charge in [0.15, 0.2) is 0 Å². The first kappa shape index (κ1) is 13.3. The molecule has 0 spiro atoms. The molecule has 2 aromatic rings. The predicted molar refractivity (Wildman–Crippen MR) is 79.7 cm³/mol. The number of aromatic nitrogens is 2. The van der Waals surface area contributed by atoms with Crippen LogP contribution in [0.2, 0.25) is 0 Å². The maximum absolute atomic E-state index is 5.38. The van der Waals surface area contributed by atoms with Crippen LogP contribution in [0.5, 0.6) is 0 Å². The Morgan fingerprint density at radius 1 is 1.20 bits per heavy atom. The highest BCUT2D eigenvalue weighted by Gasteiger charge is 2.27. The normalized spacial score (nSPS) is 22.4. The highest BCUT2D eigenvalue weighted by molar-refractivity contribution is 5.60. The van der Waals surface area contributed by atoms with Crippen molar-refractivity contribution in [1.29, 1.82) is 0 Å². The van der Waals surface area contributed by atoms with E-state index in [1.807, 2.05) is 6.20 Å². The molecule has 2 unspecified atom stereocenters. The Bertz CT molecular complexity index is 585. The van der Waals surface area contributed by atoms with Crippen molar-refractivity contribution in [3.63, 3.8) is 0 Å². The van der Waals surface area contributed by atoms with E-state index in [1.165, 1.54) is 16.7 Å². The van der Waals surface area contributed by atoms with Crippen molar-refractivity contribution in [2.24, 2.45) is 0 Å². The van der Waals surface area contributed by atoms with Crippen molar-refractivity contribution in [3.05, 3.63) is 41.3 Å². The van der Waals surface area contributed by atoms with Gasteiger partial charge in [-0.25, -0.2) is 4.98 Å². The SMILES string of the molecule is COC1CNC(c2ncc(-c3cc(C)cc(C)c3)[nH]2)C1. The Morgan fingerprint density at radius 3 is 2.60 bits per heavy atom. The molecule has 20 heavy (non-hydrogen) atoms. The second-order valence-electron chi connectivity index (χ2n) is 5.61. The van der Waals surface area contributed by atoms with Gasteiger partial charge in [0.25, 0.3) is 0 Å². The third-order valence-electron chi connectivity index (χ3n) is 3.88. The molecule has 1 saturated heterocycles. The number of benzene rings is 1. The first-order chi connectivity index (χ1) is 9.65. The topological polar surface area (TPSA) is 49.9 Å². The lowest BCUT2D eigenvalue weighted by atomic mass is 10.1. The van der Waals surface area contributed by atoms with E-state index in [4.69, 9.17) is 4.74 Å². The highest BCUT2D eigenvalue weighted by Crippen LogP contribution is 2.26. The van der Waals surface area contributed by atoms with E-state index in [0.29, 0.717) is 0 Å². The summed E-state index contributed by atoms with van der Waals surface area (Å²) >= 11 is 0. The molecule has 1 aromatic heterocycles. The third-order valence-corrected chi connectivity index (χ3v) is 3.88. The lowest BCUT2D eigenvalue weighted by Gasteiger charge is -2.07. The fourth-order valence-corrected chi connectivity index (χ4v) is 2.88. The lowest BCUT2D eigenvalue weighted by molar-refractivity contribution is 0.117. The van der Waals surface area contributed by atoms with Gasteiger partial charge in [-0.15, -0.1) is 0 Å². The largest absolute Gasteiger partial charge is 0.380 e. The van der Waals surface area contributed by atoms with Crippen LogP contribution in [0.3, 0.4) is 0 Å². The van der Waals surface area contributed by atoms with E-state index >= 15 is 0 Å².